The molecule has 0 aliphatic carbocycles. The van der Waals surface area contributed by atoms with E-state index in [1.54, 1.807) is 7.11 Å². The third kappa shape index (κ3) is 2.65. The highest BCUT2D eigenvalue weighted by molar-refractivity contribution is 9.10. The second-order valence-corrected chi connectivity index (χ2v) is 6.05. The second kappa shape index (κ2) is 6.06. The van der Waals surface area contributed by atoms with Gasteiger partial charge in [-0.1, -0.05) is 41.1 Å². The van der Waals surface area contributed by atoms with Gasteiger partial charge in [0, 0.05) is 23.4 Å². The van der Waals surface area contributed by atoms with E-state index in [4.69, 9.17) is 4.74 Å². The van der Waals surface area contributed by atoms with Gasteiger partial charge in [-0.2, -0.15) is 0 Å². The molecule has 1 heterocycles. The molecule has 1 fully saturated rings. The number of ether oxygens (including phenoxy) is 1. The average Bonchev–Trinajstić information content (AvgIpc) is 2.40. The van der Waals surface area contributed by atoms with Crippen LogP contribution in [0.25, 0.3) is 0 Å². The quantitative estimate of drug-likeness (QED) is 0.858. The van der Waals surface area contributed by atoms with Crippen molar-refractivity contribution in [2.24, 2.45) is 5.41 Å². The molecule has 0 radical (unpaired) electrons. The predicted molar refractivity (Wildman–Crippen MR) is 79.2 cm³/mol. The van der Waals surface area contributed by atoms with E-state index in [1.165, 1.54) is 0 Å². The number of hydrogen-bond donors (Lipinski definition) is 1. The van der Waals surface area contributed by atoms with Gasteiger partial charge < -0.3 is 4.74 Å². The third-order valence-electron chi connectivity index (χ3n) is 4.00. The van der Waals surface area contributed by atoms with Gasteiger partial charge in [0.1, 0.15) is 0 Å². The third-order valence-corrected chi connectivity index (χ3v) is 4.72. The van der Waals surface area contributed by atoms with E-state index in [0.717, 1.165) is 10.0 Å². The molecule has 1 aromatic rings. The summed E-state index contributed by atoms with van der Waals surface area (Å²) in [6.45, 7) is 2.38. The summed E-state index contributed by atoms with van der Waals surface area (Å²) in [5.41, 5.74) is 0.411. The lowest BCUT2D eigenvalue weighted by atomic mass is 9.66. The summed E-state index contributed by atoms with van der Waals surface area (Å²) in [7, 11) is 1.60. The van der Waals surface area contributed by atoms with Crippen molar-refractivity contribution in [1.29, 1.82) is 0 Å². The molecular weight excluding hydrogens is 322 g/mol. The van der Waals surface area contributed by atoms with Crippen LogP contribution in [0.5, 0.6) is 0 Å². The highest BCUT2D eigenvalue weighted by Gasteiger charge is 2.48. The number of hydrogen-bond acceptors (Lipinski definition) is 3. The number of nitrogens with one attached hydrogen (secondary N) is 1. The molecule has 0 spiro atoms. The highest BCUT2D eigenvalue weighted by Crippen LogP contribution is 2.46. The fraction of sp³-hybridized carbons (Fsp3) is 0.467. The normalized spacial score (nSPS) is 26.4. The number of methoxy groups -OCH3 is 1. The van der Waals surface area contributed by atoms with Crippen LogP contribution < -0.4 is 5.32 Å². The zero-order chi connectivity index (χ0) is 14.8. The van der Waals surface area contributed by atoms with E-state index in [2.05, 4.69) is 21.2 Å². The lowest BCUT2D eigenvalue weighted by molar-refractivity contribution is -0.142. The molecule has 1 aliphatic rings. The molecule has 0 aromatic heterocycles. The summed E-state index contributed by atoms with van der Waals surface area (Å²) in [5.74, 6) is -0.857. The summed E-state index contributed by atoms with van der Waals surface area (Å²) in [6, 6.07) is 7.64. The Morgan fingerprint density at radius 1 is 1.40 bits per heavy atom. The molecule has 0 bridgehead atoms. The van der Waals surface area contributed by atoms with Gasteiger partial charge in [-0.15, -0.1) is 0 Å². The molecule has 4 nitrogen and oxygen atoms in total. The van der Waals surface area contributed by atoms with Crippen molar-refractivity contribution >= 4 is 27.7 Å². The first-order valence-electron chi connectivity index (χ1n) is 6.61. The van der Waals surface area contributed by atoms with E-state index >= 15 is 0 Å². The Morgan fingerprint density at radius 2 is 2.10 bits per heavy atom. The number of benzene rings is 1. The molecule has 2 unspecified atom stereocenters. The second-order valence-electron chi connectivity index (χ2n) is 5.19. The molecule has 20 heavy (non-hydrogen) atoms. The summed E-state index contributed by atoms with van der Waals surface area (Å²) in [5, 5.41) is 2.45. The van der Waals surface area contributed by atoms with Crippen molar-refractivity contribution in [2.45, 2.75) is 25.7 Å². The number of imide groups is 1. The number of amides is 2. The Hall–Kier alpha value is -1.20. The van der Waals surface area contributed by atoms with Crippen molar-refractivity contribution in [3.8, 4) is 0 Å². The Kier molecular flexibility index (Phi) is 4.60. The Balaban J connectivity index is 2.52. The lowest BCUT2D eigenvalue weighted by Crippen LogP contribution is -2.52. The van der Waals surface area contributed by atoms with Crippen LogP contribution >= 0.6 is 15.9 Å². The molecule has 5 heteroatoms. The van der Waals surface area contributed by atoms with Crippen molar-refractivity contribution in [3.63, 3.8) is 0 Å². The van der Waals surface area contributed by atoms with E-state index < -0.39 is 5.41 Å². The summed E-state index contributed by atoms with van der Waals surface area (Å²) < 4.78 is 6.19. The fourth-order valence-corrected chi connectivity index (χ4v) is 3.50. The number of halogens is 1. The largest absolute Gasteiger partial charge is 0.384 e. The first-order valence-corrected chi connectivity index (χ1v) is 7.40. The molecule has 1 aromatic carbocycles. The summed E-state index contributed by atoms with van der Waals surface area (Å²) in [6.07, 6.45) is 1.00. The van der Waals surface area contributed by atoms with Gasteiger partial charge in [0.2, 0.25) is 11.8 Å². The van der Waals surface area contributed by atoms with Gasteiger partial charge in [-0.3, -0.25) is 14.9 Å². The molecule has 1 saturated heterocycles. The monoisotopic (exact) mass is 339 g/mol. The molecule has 1 aliphatic heterocycles. The van der Waals surface area contributed by atoms with Crippen LogP contribution in [0.3, 0.4) is 0 Å². The maximum atomic E-state index is 12.4. The minimum atomic E-state index is -0.488. The van der Waals surface area contributed by atoms with E-state index in [0.29, 0.717) is 19.4 Å². The smallest absolute Gasteiger partial charge is 0.234 e. The van der Waals surface area contributed by atoms with Crippen LogP contribution in [-0.4, -0.2) is 25.5 Å². The minimum Gasteiger partial charge on any atom is -0.384 e. The Morgan fingerprint density at radius 3 is 2.70 bits per heavy atom. The van der Waals surface area contributed by atoms with Crippen LogP contribution in [0.1, 0.15) is 31.2 Å². The van der Waals surface area contributed by atoms with Crippen LogP contribution in [0, 0.1) is 5.41 Å². The maximum Gasteiger partial charge on any atom is 0.234 e. The lowest BCUT2D eigenvalue weighted by Gasteiger charge is -2.42. The number of carbonyl (C=O) groups is 2. The van der Waals surface area contributed by atoms with Crippen LogP contribution in [0.2, 0.25) is 0 Å². The van der Waals surface area contributed by atoms with Crippen LogP contribution in [0.15, 0.2) is 28.7 Å². The molecule has 1 N–H and O–H groups in total. The van der Waals surface area contributed by atoms with E-state index in [9.17, 15) is 9.59 Å². The molecule has 2 amide bonds. The number of rotatable bonds is 4. The zero-order valence-electron chi connectivity index (χ0n) is 11.6. The van der Waals surface area contributed by atoms with Gasteiger partial charge in [-0.25, -0.2) is 0 Å². The van der Waals surface area contributed by atoms with Crippen molar-refractivity contribution in [1.82, 2.24) is 5.32 Å². The highest BCUT2D eigenvalue weighted by atomic mass is 79.9. The fourth-order valence-electron chi connectivity index (χ4n) is 2.99. The first-order chi connectivity index (χ1) is 9.54. The molecule has 0 saturated carbocycles. The first kappa shape index (κ1) is 15.2. The molecule has 108 valence electrons. The Labute approximate surface area is 127 Å². The molecule has 2 atom stereocenters. The molecule has 2 rings (SSSR count). The standard InChI is InChI=1S/C15H18BrNO3/c1-3-15(9-20-2)8-12(18)17-14(19)13(15)10-6-4-5-7-11(10)16/h4-7,13H,3,8-9H2,1-2H3,(H,17,18,19). The van der Waals surface area contributed by atoms with Crippen molar-refractivity contribution < 1.29 is 14.3 Å². The van der Waals surface area contributed by atoms with E-state index in [1.807, 2.05) is 31.2 Å². The topological polar surface area (TPSA) is 55.4 Å². The van der Waals surface area contributed by atoms with E-state index in [-0.39, 0.29) is 17.7 Å². The van der Waals surface area contributed by atoms with Gasteiger partial charge in [0.15, 0.2) is 0 Å². The van der Waals surface area contributed by atoms with Crippen LogP contribution in [0.4, 0.5) is 0 Å². The van der Waals surface area contributed by atoms with Gasteiger partial charge in [0.05, 0.1) is 12.5 Å². The van der Waals surface area contributed by atoms with Crippen molar-refractivity contribution in [3.05, 3.63) is 34.3 Å². The SMILES string of the molecule is CCC1(COC)CC(=O)NC(=O)C1c1ccccc1Br. The average molecular weight is 340 g/mol. The van der Waals surface area contributed by atoms with Gasteiger partial charge >= 0.3 is 0 Å². The summed E-state index contributed by atoms with van der Waals surface area (Å²) >= 11 is 3.50. The van der Waals surface area contributed by atoms with Gasteiger partial charge in [0.25, 0.3) is 0 Å². The van der Waals surface area contributed by atoms with Gasteiger partial charge in [-0.05, 0) is 18.1 Å². The zero-order valence-corrected chi connectivity index (χ0v) is 13.2. The number of piperidine rings is 1. The minimum absolute atomic E-state index is 0.225. The van der Waals surface area contributed by atoms with Crippen molar-refractivity contribution in [2.75, 3.05) is 13.7 Å². The maximum absolute atomic E-state index is 12.4. The molecular formula is C15H18BrNO3. The predicted octanol–water partition coefficient (Wildman–Crippen LogP) is 2.62. The summed E-state index contributed by atoms with van der Waals surface area (Å²) in [4.78, 5) is 24.2. The Bertz CT molecular complexity index is 532. The van der Waals surface area contributed by atoms with Crippen LogP contribution in [-0.2, 0) is 14.3 Å². The number of carbonyl (C=O) groups excluding carboxylic acids is 2.